The smallest absolute Gasteiger partial charge is 0.302 e. The third kappa shape index (κ3) is 3.42. The lowest BCUT2D eigenvalue weighted by molar-refractivity contribution is -0.117. The third-order valence-corrected chi connectivity index (χ3v) is 3.94. The Labute approximate surface area is 114 Å². The average molecular weight is 310 g/mol. The first-order valence-corrected chi connectivity index (χ1v) is 7.37. The lowest BCUT2D eigenvalue weighted by Crippen LogP contribution is -2.26. The van der Waals surface area contributed by atoms with Gasteiger partial charge in [-0.2, -0.15) is 8.42 Å². The van der Waals surface area contributed by atoms with E-state index < -0.39 is 33.6 Å². The van der Waals surface area contributed by atoms with Crippen molar-refractivity contribution >= 4 is 33.4 Å². The van der Waals surface area contributed by atoms with Crippen molar-refractivity contribution in [1.29, 1.82) is 0 Å². The highest BCUT2D eigenvalue weighted by Gasteiger charge is 2.34. The quantitative estimate of drug-likeness (QED) is 0.804. The Morgan fingerprint density at radius 2 is 2.11 bits per heavy atom. The summed E-state index contributed by atoms with van der Waals surface area (Å²) in [5, 5.41) is 0.255. The molecule has 0 radical (unpaired) electrons. The zero-order valence-corrected chi connectivity index (χ0v) is 11.2. The molecule has 1 saturated heterocycles. The minimum Gasteiger partial charge on any atom is -0.309 e. The second kappa shape index (κ2) is 5.05. The summed E-state index contributed by atoms with van der Waals surface area (Å²) < 4.78 is 47.3. The summed E-state index contributed by atoms with van der Waals surface area (Å²) in [5.41, 5.74) is -0.0174. The lowest BCUT2D eigenvalue weighted by atomic mass is 10.1. The fourth-order valence-electron chi connectivity index (χ4n) is 2.10. The van der Waals surface area contributed by atoms with Crippen LogP contribution in [0.5, 0.6) is 0 Å². The number of carbonyl (C=O) groups is 1. The van der Waals surface area contributed by atoms with Gasteiger partial charge in [-0.25, -0.2) is 4.39 Å². The van der Waals surface area contributed by atoms with Gasteiger partial charge in [0, 0.05) is 23.9 Å². The van der Waals surface area contributed by atoms with E-state index in [0.717, 1.165) is 11.0 Å². The van der Waals surface area contributed by atoms with Crippen molar-refractivity contribution in [3.8, 4) is 0 Å². The third-order valence-electron chi connectivity index (χ3n) is 2.84. The SMILES string of the molecule is O=C1CC(CS(=O)(=O)F)CN1c1cc(Cl)ccc1F. The van der Waals surface area contributed by atoms with Crippen LogP contribution >= 0.6 is 11.6 Å². The summed E-state index contributed by atoms with van der Waals surface area (Å²) in [6.45, 7) is -0.0424. The summed E-state index contributed by atoms with van der Waals surface area (Å²) in [4.78, 5) is 12.8. The predicted octanol–water partition coefficient (Wildman–Crippen LogP) is 2.13. The van der Waals surface area contributed by atoms with Gasteiger partial charge < -0.3 is 4.90 Å². The van der Waals surface area contributed by atoms with Crippen molar-refractivity contribution in [2.75, 3.05) is 17.2 Å². The molecule has 0 N–H and O–H groups in total. The molecule has 0 aromatic heterocycles. The van der Waals surface area contributed by atoms with Crippen LogP contribution in [0.4, 0.5) is 14.0 Å². The summed E-state index contributed by atoms with van der Waals surface area (Å²) >= 11 is 5.73. The standard InChI is InChI=1S/C11H10ClF2NO3S/c12-8-1-2-9(13)10(4-8)15-5-7(3-11(15)16)6-19(14,17)18/h1-2,4,7H,3,5-6H2. The average Bonchev–Trinajstić information content (AvgIpc) is 2.60. The van der Waals surface area contributed by atoms with E-state index in [0.29, 0.717) is 0 Å². The molecule has 1 amide bonds. The van der Waals surface area contributed by atoms with Crippen LogP contribution in [0.25, 0.3) is 0 Å². The van der Waals surface area contributed by atoms with Crippen LogP contribution in [-0.4, -0.2) is 26.6 Å². The molecule has 0 aliphatic carbocycles. The molecular formula is C11H10ClF2NO3S. The van der Waals surface area contributed by atoms with Gasteiger partial charge in [-0.1, -0.05) is 11.6 Å². The predicted molar refractivity (Wildman–Crippen MR) is 66.8 cm³/mol. The first-order chi connectivity index (χ1) is 8.76. The molecule has 4 nitrogen and oxygen atoms in total. The number of hydrogen-bond acceptors (Lipinski definition) is 3. The van der Waals surface area contributed by atoms with Gasteiger partial charge in [-0.15, -0.1) is 3.89 Å². The second-order valence-corrected chi connectivity index (χ2v) is 6.22. The molecule has 0 spiro atoms. The highest BCUT2D eigenvalue weighted by Crippen LogP contribution is 2.30. The van der Waals surface area contributed by atoms with Crippen molar-refractivity contribution in [2.45, 2.75) is 6.42 Å². The van der Waals surface area contributed by atoms with E-state index in [1.807, 2.05) is 0 Å². The van der Waals surface area contributed by atoms with Crippen molar-refractivity contribution in [3.05, 3.63) is 29.0 Å². The molecule has 104 valence electrons. The summed E-state index contributed by atoms with van der Waals surface area (Å²) in [7, 11) is -4.65. The molecule has 1 fully saturated rings. The van der Waals surface area contributed by atoms with Crippen LogP contribution in [0.2, 0.25) is 5.02 Å². The van der Waals surface area contributed by atoms with Crippen molar-refractivity contribution in [2.24, 2.45) is 5.92 Å². The molecule has 1 unspecified atom stereocenters. The molecule has 1 aliphatic heterocycles. The van der Waals surface area contributed by atoms with Crippen LogP contribution in [0.15, 0.2) is 18.2 Å². The van der Waals surface area contributed by atoms with E-state index >= 15 is 0 Å². The summed E-state index contributed by atoms with van der Waals surface area (Å²) in [6.07, 6.45) is -0.130. The number of rotatable bonds is 3. The number of carbonyl (C=O) groups excluding carboxylic acids is 1. The zero-order chi connectivity index (χ0) is 14.2. The Morgan fingerprint density at radius 3 is 2.74 bits per heavy atom. The van der Waals surface area contributed by atoms with Crippen molar-refractivity contribution in [1.82, 2.24) is 0 Å². The van der Waals surface area contributed by atoms with E-state index in [1.165, 1.54) is 12.1 Å². The Morgan fingerprint density at radius 1 is 1.42 bits per heavy atom. The van der Waals surface area contributed by atoms with Gasteiger partial charge in [0.25, 0.3) is 0 Å². The van der Waals surface area contributed by atoms with Gasteiger partial charge >= 0.3 is 10.2 Å². The van der Waals surface area contributed by atoms with Crippen LogP contribution in [0, 0.1) is 11.7 Å². The molecule has 1 aromatic rings. The maximum Gasteiger partial charge on any atom is 0.302 e. The summed E-state index contributed by atoms with van der Waals surface area (Å²) in [5.74, 6) is -2.51. The maximum atomic E-state index is 13.6. The van der Waals surface area contributed by atoms with E-state index in [9.17, 15) is 21.5 Å². The molecule has 0 bridgehead atoms. The number of benzene rings is 1. The number of hydrogen-bond donors (Lipinski definition) is 0. The molecule has 2 rings (SSSR count). The number of halogens is 3. The van der Waals surface area contributed by atoms with E-state index in [-0.39, 0.29) is 23.7 Å². The summed E-state index contributed by atoms with van der Waals surface area (Å²) in [6, 6.07) is 3.73. The van der Waals surface area contributed by atoms with E-state index in [1.54, 1.807) is 0 Å². The van der Waals surface area contributed by atoms with Gasteiger partial charge in [0.1, 0.15) is 5.82 Å². The van der Waals surface area contributed by atoms with E-state index in [4.69, 9.17) is 11.6 Å². The maximum absolute atomic E-state index is 13.6. The number of amides is 1. The fourth-order valence-corrected chi connectivity index (χ4v) is 3.05. The Kier molecular flexibility index (Phi) is 3.78. The first kappa shape index (κ1) is 14.2. The molecule has 0 saturated carbocycles. The minimum atomic E-state index is -4.65. The Hall–Kier alpha value is -1.21. The van der Waals surface area contributed by atoms with Crippen LogP contribution < -0.4 is 4.90 Å². The molecular weight excluding hydrogens is 300 g/mol. The van der Waals surface area contributed by atoms with Crippen molar-refractivity contribution < 1.29 is 21.5 Å². The fraction of sp³-hybridized carbons (Fsp3) is 0.364. The largest absolute Gasteiger partial charge is 0.309 e. The zero-order valence-electron chi connectivity index (χ0n) is 9.64. The van der Waals surface area contributed by atoms with E-state index in [2.05, 4.69) is 0 Å². The molecule has 1 aliphatic rings. The molecule has 19 heavy (non-hydrogen) atoms. The van der Waals surface area contributed by atoms with Gasteiger partial charge in [-0.05, 0) is 18.2 Å². The van der Waals surface area contributed by atoms with Gasteiger partial charge in [0.2, 0.25) is 5.91 Å². The molecule has 1 heterocycles. The highest BCUT2D eigenvalue weighted by molar-refractivity contribution is 7.86. The topological polar surface area (TPSA) is 54.5 Å². The van der Waals surface area contributed by atoms with Crippen molar-refractivity contribution in [3.63, 3.8) is 0 Å². The van der Waals surface area contributed by atoms with Crippen LogP contribution in [0.1, 0.15) is 6.42 Å². The molecule has 8 heteroatoms. The monoisotopic (exact) mass is 309 g/mol. The Bertz CT molecular complexity index is 620. The van der Waals surface area contributed by atoms with Crippen LogP contribution in [-0.2, 0) is 15.0 Å². The Balaban J connectivity index is 2.23. The van der Waals surface area contributed by atoms with Gasteiger partial charge in [0.15, 0.2) is 0 Å². The van der Waals surface area contributed by atoms with Gasteiger partial charge in [-0.3, -0.25) is 4.79 Å². The number of anilines is 1. The lowest BCUT2D eigenvalue weighted by Gasteiger charge is -2.17. The van der Waals surface area contributed by atoms with Gasteiger partial charge in [0.05, 0.1) is 11.4 Å². The first-order valence-electron chi connectivity index (χ1n) is 5.44. The molecule has 1 aromatic carbocycles. The minimum absolute atomic E-state index is 0.0174. The van der Waals surface area contributed by atoms with Crippen LogP contribution in [0.3, 0.4) is 0 Å². The second-order valence-electron chi connectivity index (χ2n) is 4.38. The normalized spacial score (nSPS) is 20.1. The highest BCUT2D eigenvalue weighted by atomic mass is 35.5. The molecule has 1 atom stereocenters. The number of nitrogens with zero attached hydrogens (tertiary/aromatic N) is 1.